The standard InChI is InChI=1S/C17H17N3/c1-12-6-7-15-4-3-5-16(17(15)19-12)20-13(2)14-8-10-18-11-9-14/h3-11,13,20H,1-2H3. The number of nitrogens with zero attached hydrogens (tertiary/aromatic N) is 2. The maximum absolute atomic E-state index is 4.65. The summed E-state index contributed by atoms with van der Waals surface area (Å²) in [6, 6.07) is 14.6. The number of rotatable bonds is 3. The van der Waals surface area contributed by atoms with Crippen LogP contribution in [0.3, 0.4) is 0 Å². The molecule has 0 aliphatic heterocycles. The minimum Gasteiger partial charge on any atom is -0.377 e. The lowest BCUT2D eigenvalue weighted by molar-refractivity contribution is 0.882. The first-order valence-corrected chi connectivity index (χ1v) is 6.77. The van der Waals surface area contributed by atoms with E-state index in [-0.39, 0.29) is 6.04 Å². The quantitative estimate of drug-likeness (QED) is 0.772. The van der Waals surface area contributed by atoms with Gasteiger partial charge in [0.05, 0.1) is 11.2 Å². The van der Waals surface area contributed by atoms with Crippen LogP contribution in [-0.2, 0) is 0 Å². The molecule has 20 heavy (non-hydrogen) atoms. The molecule has 2 aromatic heterocycles. The van der Waals surface area contributed by atoms with Crippen molar-refractivity contribution < 1.29 is 0 Å². The normalized spacial score (nSPS) is 12.3. The number of pyridine rings is 2. The summed E-state index contributed by atoms with van der Waals surface area (Å²) in [6.07, 6.45) is 3.64. The average Bonchev–Trinajstić information content (AvgIpc) is 2.49. The summed E-state index contributed by atoms with van der Waals surface area (Å²) in [6.45, 7) is 4.16. The Kier molecular flexibility index (Phi) is 3.33. The molecule has 2 heterocycles. The highest BCUT2D eigenvalue weighted by atomic mass is 14.9. The third-order valence-corrected chi connectivity index (χ3v) is 3.44. The van der Waals surface area contributed by atoms with Crippen molar-refractivity contribution in [2.75, 3.05) is 5.32 Å². The summed E-state index contributed by atoms with van der Waals surface area (Å²) in [5, 5.41) is 4.69. The van der Waals surface area contributed by atoms with Crippen LogP contribution in [0.1, 0.15) is 24.2 Å². The van der Waals surface area contributed by atoms with Crippen LogP contribution in [-0.4, -0.2) is 9.97 Å². The van der Waals surface area contributed by atoms with Gasteiger partial charge in [-0.1, -0.05) is 18.2 Å². The molecule has 0 aliphatic carbocycles. The van der Waals surface area contributed by atoms with Gasteiger partial charge in [0, 0.05) is 29.5 Å². The molecule has 0 radical (unpaired) electrons. The van der Waals surface area contributed by atoms with Crippen LogP contribution in [0.25, 0.3) is 10.9 Å². The Morgan fingerprint density at radius 3 is 2.60 bits per heavy atom. The third kappa shape index (κ3) is 2.48. The van der Waals surface area contributed by atoms with E-state index < -0.39 is 0 Å². The maximum atomic E-state index is 4.65. The maximum Gasteiger partial charge on any atom is 0.0936 e. The van der Waals surface area contributed by atoms with E-state index in [9.17, 15) is 0 Å². The first-order valence-electron chi connectivity index (χ1n) is 6.77. The summed E-state index contributed by atoms with van der Waals surface area (Å²) in [5.74, 6) is 0. The Labute approximate surface area is 118 Å². The number of nitrogens with one attached hydrogen (secondary N) is 1. The Balaban J connectivity index is 1.97. The molecule has 0 amide bonds. The van der Waals surface area contributed by atoms with Gasteiger partial charge in [-0.15, -0.1) is 0 Å². The van der Waals surface area contributed by atoms with Crippen LogP contribution in [0, 0.1) is 6.92 Å². The van der Waals surface area contributed by atoms with Gasteiger partial charge in [0.1, 0.15) is 0 Å². The summed E-state index contributed by atoms with van der Waals surface area (Å²) < 4.78 is 0. The molecule has 1 aromatic carbocycles. The average molecular weight is 263 g/mol. The van der Waals surface area contributed by atoms with Crippen molar-refractivity contribution in [3.05, 3.63) is 66.1 Å². The molecule has 3 aromatic rings. The molecule has 0 saturated carbocycles. The van der Waals surface area contributed by atoms with Gasteiger partial charge in [-0.3, -0.25) is 9.97 Å². The fourth-order valence-corrected chi connectivity index (χ4v) is 2.33. The molecule has 0 aliphatic rings. The molecular formula is C17H17N3. The second-order valence-corrected chi connectivity index (χ2v) is 4.98. The van der Waals surface area contributed by atoms with Crippen LogP contribution in [0.15, 0.2) is 54.9 Å². The topological polar surface area (TPSA) is 37.8 Å². The molecule has 1 atom stereocenters. The van der Waals surface area contributed by atoms with Gasteiger partial charge in [-0.05, 0) is 43.7 Å². The lowest BCUT2D eigenvalue weighted by atomic mass is 10.1. The van der Waals surface area contributed by atoms with Crippen LogP contribution in [0.4, 0.5) is 5.69 Å². The first-order chi connectivity index (χ1) is 9.74. The minimum absolute atomic E-state index is 0.214. The predicted octanol–water partition coefficient (Wildman–Crippen LogP) is 4.11. The van der Waals surface area contributed by atoms with Gasteiger partial charge < -0.3 is 5.32 Å². The lowest BCUT2D eigenvalue weighted by Crippen LogP contribution is -2.07. The fourth-order valence-electron chi connectivity index (χ4n) is 2.33. The fraction of sp³-hybridized carbons (Fsp3) is 0.176. The van der Waals surface area contributed by atoms with Crippen molar-refractivity contribution in [3.8, 4) is 0 Å². The molecule has 3 nitrogen and oxygen atoms in total. The molecule has 1 unspecified atom stereocenters. The van der Waals surface area contributed by atoms with E-state index in [1.54, 1.807) is 0 Å². The van der Waals surface area contributed by atoms with E-state index in [4.69, 9.17) is 0 Å². The van der Waals surface area contributed by atoms with E-state index in [0.29, 0.717) is 0 Å². The van der Waals surface area contributed by atoms with E-state index in [1.165, 1.54) is 5.56 Å². The summed E-state index contributed by atoms with van der Waals surface area (Å²) in [4.78, 5) is 8.70. The van der Waals surface area contributed by atoms with Crippen molar-refractivity contribution >= 4 is 16.6 Å². The monoisotopic (exact) mass is 263 g/mol. The number of benzene rings is 1. The van der Waals surface area contributed by atoms with Gasteiger partial charge in [-0.25, -0.2) is 0 Å². The minimum atomic E-state index is 0.214. The number of hydrogen-bond donors (Lipinski definition) is 1. The Morgan fingerprint density at radius 1 is 1.00 bits per heavy atom. The van der Waals surface area contributed by atoms with E-state index in [1.807, 2.05) is 37.5 Å². The highest BCUT2D eigenvalue weighted by Crippen LogP contribution is 2.25. The molecule has 0 bridgehead atoms. The van der Waals surface area contributed by atoms with Crippen molar-refractivity contribution in [2.24, 2.45) is 0 Å². The number of aryl methyl sites for hydroxylation is 1. The van der Waals surface area contributed by atoms with Crippen LogP contribution >= 0.6 is 0 Å². The third-order valence-electron chi connectivity index (χ3n) is 3.44. The highest BCUT2D eigenvalue weighted by Gasteiger charge is 2.08. The number of fused-ring (bicyclic) bond motifs is 1. The second-order valence-electron chi connectivity index (χ2n) is 4.98. The zero-order chi connectivity index (χ0) is 13.9. The number of aromatic nitrogens is 2. The van der Waals surface area contributed by atoms with Crippen molar-refractivity contribution in [2.45, 2.75) is 19.9 Å². The molecule has 0 spiro atoms. The van der Waals surface area contributed by atoms with Crippen molar-refractivity contribution in [3.63, 3.8) is 0 Å². The molecule has 0 saturated heterocycles. The van der Waals surface area contributed by atoms with Crippen LogP contribution < -0.4 is 5.32 Å². The molecular weight excluding hydrogens is 246 g/mol. The molecule has 3 rings (SSSR count). The zero-order valence-electron chi connectivity index (χ0n) is 11.7. The van der Waals surface area contributed by atoms with Crippen molar-refractivity contribution in [1.82, 2.24) is 9.97 Å². The van der Waals surface area contributed by atoms with Crippen molar-refractivity contribution in [1.29, 1.82) is 0 Å². The van der Waals surface area contributed by atoms with Gasteiger partial charge in [-0.2, -0.15) is 0 Å². The number of anilines is 1. The SMILES string of the molecule is Cc1ccc2cccc(NC(C)c3ccncc3)c2n1. The van der Waals surface area contributed by atoms with Crippen LogP contribution in [0.2, 0.25) is 0 Å². The second kappa shape index (κ2) is 5.29. The zero-order valence-corrected chi connectivity index (χ0v) is 11.7. The van der Waals surface area contributed by atoms with Gasteiger partial charge in [0.25, 0.3) is 0 Å². The molecule has 0 fully saturated rings. The van der Waals surface area contributed by atoms with E-state index >= 15 is 0 Å². The van der Waals surface area contributed by atoms with E-state index in [2.05, 4.69) is 46.5 Å². The van der Waals surface area contributed by atoms with Gasteiger partial charge in [0.2, 0.25) is 0 Å². The molecule has 3 heteroatoms. The summed E-state index contributed by atoms with van der Waals surface area (Å²) in [5.41, 5.74) is 4.33. The van der Waals surface area contributed by atoms with Gasteiger partial charge >= 0.3 is 0 Å². The molecule has 1 N–H and O–H groups in total. The smallest absolute Gasteiger partial charge is 0.0936 e. The molecule has 100 valence electrons. The Morgan fingerprint density at radius 2 is 1.80 bits per heavy atom. The first kappa shape index (κ1) is 12.6. The Hall–Kier alpha value is -2.42. The highest BCUT2D eigenvalue weighted by molar-refractivity contribution is 5.90. The lowest BCUT2D eigenvalue weighted by Gasteiger charge is -2.17. The van der Waals surface area contributed by atoms with E-state index in [0.717, 1.165) is 22.3 Å². The summed E-state index contributed by atoms with van der Waals surface area (Å²) in [7, 11) is 0. The Bertz CT molecular complexity index is 723. The summed E-state index contributed by atoms with van der Waals surface area (Å²) >= 11 is 0. The largest absolute Gasteiger partial charge is 0.377 e. The van der Waals surface area contributed by atoms with Gasteiger partial charge in [0.15, 0.2) is 0 Å². The predicted molar refractivity (Wildman–Crippen MR) is 82.8 cm³/mol. The number of hydrogen-bond acceptors (Lipinski definition) is 3. The number of para-hydroxylation sites is 1. The van der Waals surface area contributed by atoms with Crippen LogP contribution in [0.5, 0.6) is 0 Å².